The lowest BCUT2D eigenvalue weighted by Gasteiger charge is -2.23. The van der Waals surface area contributed by atoms with Crippen LogP contribution in [0, 0.1) is 0 Å². The van der Waals surface area contributed by atoms with Crippen LogP contribution in [0.5, 0.6) is 0 Å². The molecule has 0 aliphatic carbocycles. The van der Waals surface area contributed by atoms with Crippen LogP contribution >= 0.6 is 0 Å². The predicted molar refractivity (Wildman–Crippen MR) is 65.5 cm³/mol. The van der Waals surface area contributed by atoms with E-state index >= 15 is 0 Å². The maximum absolute atomic E-state index is 11.5. The van der Waals surface area contributed by atoms with Crippen molar-refractivity contribution in [2.45, 2.75) is 64.2 Å². The maximum Gasteiger partial charge on any atom is 0.249 e. The summed E-state index contributed by atoms with van der Waals surface area (Å²) in [5.41, 5.74) is 0. The fourth-order valence-corrected chi connectivity index (χ4v) is 1.56. The monoisotopic (exact) mass is 247 g/mol. The lowest BCUT2D eigenvalue weighted by molar-refractivity contribution is -0.131. The van der Waals surface area contributed by atoms with Gasteiger partial charge in [0.1, 0.15) is 6.10 Å². The highest BCUT2D eigenvalue weighted by Gasteiger charge is 2.23. The Kier molecular flexibility index (Phi) is 9.03. The van der Waals surface area contributed by atoms with Crippen molar-refractivity contribution in [1.82, 2.24) is 5.32 Å². The van der Waals surface area contributed by atoms with E-state index in [9.17, 15) is 15.0 Å². The highest BCUT2D eigenvalue weighted by atomic mass is 16.3. The topological polar surface area (TPSA) is 89.8 Å². The van der Waals surface area contributed by atoms with Gasteiger partial charge in [-0.25, -0.2) is 0 Å². The fraction of sp³-hybridized carbons (Fsp3) is 0.917. The Bertz CT molecular complexity index is 211. The molecule has 0 rings (SSSR count). The van der Waals surface area contributed by atoms with Gasteiger partial charge in [0.05, 0.1) is 18.8 Å². The van der Waals surface area contributed by atoms with Crippen LogP contribution in [0.3, 0.4) is 0 Å². The highest BCUT2D eigenvalue weighted by molar-refractivity contribution is 5.80. The number of unbranched alkanes of at least 4 members (excludes halogenated alkanes) is 1. The summed E-state index contributed by atoms with van der Waals surface area (Å²) in [6.07, 6.45) is 1.58. The largest absolute Gasteiger partial charge is 0.394 e. The lowest BCUT2D eigenvalue weighted by atomic mass is 10.0. The molecule has 0 saturated carbocycles. The molecule has 17 heavy (non-hydrogen) atoms. The zero-order valence-electron chi connectivity index (χ0n) is 10.7. The first-order valence-electron chi connectivity index (χ1n) is 6.34. The number of hydrogen-bond donors (Lipinski definition) is 4. The normalized spacial score (nSPS) is 16.3. The van der Waals surface area contributed by atoms with Crippen LogP contribution < -0.4 is 5.32 Å². The minimum Gasteiger partial charge on any atom is -0.394 e. The maximum atomic E-state index is 11.5. The minimum atomic E-state index is -1.06. The van der Waals surface area contributed by atoms with Crippen LogP contribution in [-0.4, -0.2) is 46.1 Å². The first-order chi connectivity index (χ1) is 8.06. The molecule has 0 aromatic heterocycles. The van der Waals surface area contributed by atoms with Crippen molar-refractivity contribution < 1.29 is 20.1 Å². The summed E-state index contributed by atoms with van der Waals surface area (Å²) in [4.78, 5) is 11.5. The van der Waals surface area contributed by atoms with E-state index in [0.29, 0.717) is 19.3 Å². The SMILES string of the molecule is CCCC[C@@H](O)[C@H](CO)NC(=O)[C@H](O)CCC. The Labute approximate surface area is 103 Å². The molecule has 3 atom stereocenters. The van der Waals surface area contributed by atoms with Crippen molar-refractivity contribution in [1.29, 1.82) is 0 Å². The van der Waals surface area contributed by atoms with E-state index in [1.807, 2.05) is 13.8 Å². The van der Waals surface area contributed by atoms with E-state index < -0.39 is 24.2 Å². The van der Waals surface area contributed by atoms with Crippen molar-refractivity contribution in [3.05, 3.63) is 0 Å². The van der Waals surface area contributed by atoms with Gasteiger partial charge in [-0.1, -0.05) is 33.1 Å². The van der Waals surface area contributed by atoms with E-state index in [2.05, 4.69) is 5.32 Å². The number of aliphatic hydroxyl groups is 3. The fourth-order valence-electron chi connectivity index (χ4n) is 1.56. The number of rotatable bonds is 9. The van der Waals surface area contributed by atoms with Gasteiger partial charge < -0.3 is 20.6 Å². The second-order valence-electron chi connectivity index (χ2n) is 4.31. The van der Waals surface area contributed by atoms with Crippen LogP contribution in [-0.2, 0) is 4.79 Å². The predicted octanol–water partition coefficient (Wildman–Crippen LogP) is 0.176. The number of carbonyl (C=O) groups is 1. The Balaban J connectivity index is 4.14. The van der Waals surface area contributed by atoms with Gasteiger partial charge in [0.2, 0.25) is 5.91 Å². The van der Waals surface area contributed by atoms with E-state index in [1.165, 1.54) is 0 Å². The summed E-state index contributed by atoms with van der Waals surface area (Å²) < 4.78 is 0. The number of nitrogens with one attached hydrogen (secondary N) is 1. The average molecular weight is 247 g/mol. The standard InChI is InChI=1S/C12H25NO4/c1-3-5-7-10(15)9(8-14)13-12(17)11(16)6-4-2/h9-11,14-16H,3-8H2,1-2H3,(H,13,17)/t9-,10+,11+/m0/s1. The Morgan fingerprint density at radius 2 is 1.82 bits per heavy atom. The van der Waals surface area contributed by atoms with Gasteiger partial charge in [0, 0.05) is 0 Å². The molecule has 0 saturated heterocycles. The molecular weight excluding hydrogens is 222 g/mol. The van der Waals surface area contributed by atoms with Crippen LogP contribution in [0.4, 0.5) is 0 Å². The quantitative estimate of drug-likeness (QED) is 0.468. The Morgan fingerprint density at radius 1 is 1.18 bits per heavy atom. The van der Waals surface area contributed by atoms with Crippen LogP contribution in [0.25, 0.3) is 0 Å². The summed E-state index contributed by atoms with van der Waals surface area (Å²) >= 11 is 0. The first kappa shape index (κ1) is 16.4. The third-order valence-corrected chi connectivity index (χ3v) is 2.71. The molecule has 0 aliphatic heterocycles. The highest BCUT2D eigenvalue weighted by Crippen LogP contribution is 2.06. The van der Waals surface area contributed by atoms with Crippen molar-refractivity contribution >= 4 is 5.91 Å². The molecule has 0 heterocycles. The molecular formula is C12H25NO4. The van der Waals surface area contributed by atoms with Gasteiger partial charge in [-0.3, -0.25) is 4.79 Å². The number of amides is 1. The average Bonchev–Trinajstić information content (AvgIpc) is 2.32. The number of aliphatic hydroxyl groups excluding tert-OH is 3. The number of hydrogen-bond acceptors (Lipinski definition) is 4. The van der Waals surface area contributed by atoms with Gasteiger partial charge in [-0.2, -0.15) is 0 Å². The zero-order chi connectivity index (χ0) is 13.3. The summed E-state index contributed by atoms with van der Waals surface area (Å²) in [6.45, 7) is 3.55. The molecule has 0 aromatic rings. The van der Waals surface area contributed by atoms with E-state index in [-0.39, 0.29) is 6.61 Å². The minimum absolute atomic E-state index is 0.324. The van der Waals surface area contributed by atoms with E-state index in [4.69, 9.17) is 5.11 Å². The first-order valence-corrected chi connectivity index (χ1v) is 6.34. The van der Waals surface area contributed by atoms with E-state index in [0.717, 1.165) is 12.8 Å². The molecule has 0 spiro atoms. The summed E-state index contributed by atoms with van der Waals surface area (Å²) in [7, 11) is 0. The third kappa shape index (κ3) is 6.61. The van der Waals surface area contributed by atoms with Crippen molar-refractivity contribution in [3.8, 4) is 0 Å². The second kappa shape index (κ2) is 9.39. The molecule has 0 radical (unpaired) electrons. The van der Waals surface area contributed by atoms with Gasteiger partial charge in [0.25, 0.3) is 0 Å². The molecule has 5 heteroatoms. The smallest absolute Gasteiger partial charge is 0.249 e. The summed E-state index contributed by atoms with van der Waals surface area (Å²) in [5.74, 6) is -0.526. The summed E-state index contributed by atoms with van der Waals surface area (Å²) in [5, 5.41) is 30.8. The second-order valence-corrected chi connectivity index (χ2v) is 4.31. The van der Waals surface area contributed by atoms with Crippen molar-refractivity contribution in [2.75, 3.05) is 6.61 Å². The van der Waals surface area contributed by atoms with Crippen LogP contribution in [0.2, 0.25) is 0 Å². The lowest BCUT2D eigenvalue weighted by Crippen LogP contribution is -2.49. The Morgan fingerprint density at radius 3 is 2.29 bits per heavy atom. The molecule has 1 amide bonds. The van der Waals surface area contributed by atoms with Crippen molar-refractivity contribution in [2.24, 2.45) is 0 Å². The van der Waals surface area contributed by atoms with Crippen molar-refractivity contribution in [3.63, 3.8) is 0 Å². The molecule has 0 unspecified atom stereocenters. The zero-order valence-corrected chi connectivity index (χ0v) is 10.7. The number of carbonyl (C=O) groups excluding carboxylic acids is 1. The molecule has 5 nitrogen and oxygen atoms in total. The van der Waals surface area contributed by atoms with E-state index in [1.54, 1.807) is 0 Å². The molecule has 4 N–H and O–H groups in total. The molecule has 0 bridgehead atoms. The summed E-state index contributed by atoms with van der Waals surface area (Å²) in [6, 6.07) is -0.694. The van der Waals surface area contributed by atoms with Gasteiger partial charge in [-0.15, -0.1) is 0 Å². The molecule has 102 valence electrons. The van der Waals surface area contributed by atoms with Crippen LogP contribution in [0.15, 0.2) is 0 Å². The molecule has 0 aromatic carbocycles. The molecule has 0 aliphatic rings. The Hall–Kier alpha value is -0.650. The van der Waals surface area contributed by atoms with Gasteiger partial charge in [0.15, 0.2) is 0 Å². The van der Waals surface area contributed by atoms with Gasteiger partial charge >= 0.3 is 0 Å². The van der Waals surface area contributed by atoms with Gasteiger partial charge in [-0.05, 0) is 12.8 Å². The third-order valence-electron chi connectivity index (χ3n) is 2.71. The molecule has 0 fully saturated rings. The van der Waals surface area contributed by atoms with Crippen LogP contribution in [0.1, 0.15) is 46.0 Å².